The monoisotopic (exact) mass is 474 g/mol. The average molecular weight is 475 g/mol. The first kappa shape index (κ1) is 24.3. The minimum Gasteiger partial charge on any atom is -0.457 e. The highest BCUT2D eigenvalue weighted by atomic mass is 16.5. The molecule has 1 aliphatic heterocycles. The molecule has 182 valence electrons. The van der Waals surface area contributed by atoms with Crippen molar-refractivity contribution in [3.63, 3.8) is 0 Å². The fourth-order valence-corrected chi connectivity index (χ4v) is 3.76. The molecule has 2 amide bonds. The molecule has 0 aliphatic carbocycles. The summed E-state index contributed by atoms with van der Waals surface area (Å²) >= 11 is 0. The van der Waals surface area contributed by atoms with Crippen molar-refractivity contribution in [1.82, 2.24) is 4.90 Å². The van der Waals surface area contributed by atoms with E-state index in [9.17, 15) is 9.59 Å². The molecule has 0 unspecified atom stereocenters. The number of nitrogens with one attached hydrogen (secondary N) is 2. The summed E-state index contributed by atoms with van der Waals surface area (Å²) < 4.78 is 11.1. The van der Waals surface area contributed by atoms with Gasteiger partial charge in [0.25, 0.3) is 0 Å². The summed E-state index contributed by atoms with van der Waals surface area (Å²) in [4.78, 5) is 28.7. The van der Waals surface area contributed by atoms with E-state index >= 15 is 0 Å². The van der Waals surface area contributed by atoms with Crippen LogP contribution in [-0.4, -0.2) is 63.2 Å². The van der Waals surface area contributed by atoms with Crippen LogP contribution >= 0.6 is 0 Å². The predicted molar refractivity (Wildman–Crippen MR) is 137 cm³/mol. The molecule has 0 aromatic heterocycles. The summed E-state index contributed by atoms with van der Waals surface area (Å²) in [5.41, 5.74) is 2.50. The molecule has 0 atom stereocenters. The van der Waals surface area contributed by atoms with E-state index in [0.717, 1.165) is 43.4 Å². The van der Waals surface area contributed by atoms with E-state index in [1.807, 2.05) is 54.6 Å². The smallest absolute Gasteiger partial charge is 0.238 e. The van der Waals surface area contributed by atoms with Gasteiger partial charge in [0.2, 0.25) is 11.8 Å². The Labute approximate surface area is 205 Å². The number of hydrogen-bond acceptors (Lipinski definition) is 6. The lowest BCUT2D eigenvalue weighted by molar-refractivity contribution is -0.119. The zero-order valence-corrected chi connectivity index (χ0v) is 19.8. The lowest BCUT2D eigenvalue weighted by Crippen LogP contribution is -2.36. The molecule has 0 bridgehead atoms. The number of nitrogens with zero attached hydrogens (tertiary/aromatic N) is 2. The van der Waals surface area contributed by atoms with Crippen LogP contribution in [0, 0.1) is 0 Å². The first-order valence-electron chi connectivity index (χ1n) is 11.6. The van der Waals surface area contributed by atoms with E-state index in [1.54, 1.807) is 36.2 Å². The Morgan fingerprint density at radius 3 is 1.89 bits per heavy atom. The van der Waals surface area contributed by atoms with E-state index in [-0.39, 0.29) is 24.9 Å². The van der Waals surface area contributed by atoms with Gasteiger partial charge in [0.05, 0.1) is 26.3 Å². The van der Waals surface area contributed by atoms with Crippen molar-refractivity contribution in [2.24, 2.45) is 0 Å². The van der Waals surface area contributed by atoms with Crippen molar-refractivity contribution in [3.8, 4) is 11.5 Å². The van der Waals surface area contributed by atoms with Gasteiger partial charge >= 0.3 is 0 Å². The molecule has 8 nitrogen and oxygen atoms in total. The zero-order valence-electron chi connectivity index (χ0n) is 19.8. The Balaban J connectivity index is 1.19. The standard InChI is InChI=1S/C27H30N4O4/c1-30(19-26(32)28-21-7-11-23(12-8-21)31-15-17-34-18-16-31)20-27(33)29-22-9-13-25(14-10-22)35-24-5-3-2-4-6-24/h2-14H,15-20H2,1H3,(H,28,32)(H,29,33). The summed E-state index contributed by atoms with van der Waals surface area (Å²) in [5, 5.41) is 5.73. The molecule has 0 saturated carbocycles. The Hall–Kier alpha value is -3.88. The van der Waals surface area contributed by atoms with Crippen LogP contribution < -0.4 is 20.3 Å². The lowest BCUT2D eigenvalue weighted by atomic mass is 10.2. The van der Waals surface area contributed by atoms with Gasteiger partial charge in [-0.05, 0) is 67.7 Å². The van der Waals surface area contributed by atoms with E-state index in [2.05, 4.69) is 15.5 Å². The van der Waals surface area contributed by atoms with Crippen molar-refractivity contribution in [3.05, 3.63) is 78.9 Å². The average Bonchev–Trinajstić information content (AvgIpc) is 2.86. The fraction of sp³-hybridized carbons (Fsp3) is 0.259. The van der Waals surface area contributed by atoms with Gasteiger partial charge in [-0.25, -0.2) is 0 Å². The molecule has 1 saturated heterocycles. The molecule has 0 radical (unpaired) electrons. The third kappa shape index (κ3) is 7.56. The summed E-state index contributed by atoms with van der Waals surface area (Å²) in [6.07, 6.45) is 0. The Kier molecular flexibility index (Phi) is 8.32. The highest BCUT2D eigenvalue weighted by Crippen LogP contribution is 2.22. The number of carbonyl (C=O) groups excluding carboxylic acids is 2. The van der Waals surface area contributed by atoms with Crippen molar-refractivity contribution in [2.75, 3.05) is 62.0 Å². The number of carbonyl (C=O) groups is 2. The van der Waals surface area contributed by atoms with Crippen LogP contribution in [0.3, 0.4) is 0 Å². The summed E-state index contributed by atoms with van der Waals surface area (Å²) in [6.45, 7) is 3.38. The first-order valence-corrected chi connectivity index (χ1v) is 11.6. The molecular weight excluding hydrogens is 444 g/mol. The van der Waals surface area contributed by atoms with Crippen LogP contribution in [0.15, 0.2) is 78.9 Å². The maximum absolute atomic E-state index is 12.4. The third-order valence-corrected chi connectivity index (χ3v) is 5.47. The van der Waals surface area contributed by atoms with Crippen LogP contribution in [0.25, 0.3) is 0 Å². The van der Waals surface area contributed by atoms with Crippen molar-refractivity contribution < 1.29 is 19.1 Å². The second-order valence-corrected chi connectivity index (χ2v) is 8.35. The van der Waals surface area contributed by atoms with Gasteiger partial charge in [-0.2, -0.15) is 0 Å². The van der Waals surface area contributed by atoms with Gasteiger partial charge in [0.1, 0.15) is 11.5 Å². The van der Waals surface area contributed by atoms with Crippen molar-refractivity contribution >= 4 is 28.9 Å². The third-order valence-electron chi connectivity index (χ3n) is 5.47. The first-order chi connectivity index (χ1) is 17.0. The van der Waals surface area contributed by atoms with Crippen LogP contribution in [0.1, 0.15) is 0 Å². The molecule has 2 N–H and O–H groups in total. The molecule has 0 spiro atoms. The molecule has 4 rings (SSSR count). The number of hydrogen-bond donors (Lipinski definition) is 2. The maximum Gasteiger partial charge on any atom is 0.238 e. The Morgan fingerprint density at radius 2 is 1.31 bits per heavy atom. The lowest BCUT2D eigenvalue weighted by Gasteiger charge is -2.28. The predicted octanol–water partition coefficient (Wildman–Crippen LogP) is 3.82. The molecular formula is C27H30N4O4. The molecule has 3 aromatic rings. The SMILES string of the molecule is CN(CC(=O)Nc1ccc(Oc2ccccc2)cc1)CC(=O)Nc1ccc(N2CCOCC2)cc1. The van der Waals surface area contributed by atoms with Crippen molar-refractivity contribution in [2.45, 2.75) is 0 Å². The van der Waals surface area contributed by atoms with Gasteiger partial charge in [-0.3, -0.25) is 14.5 Å². The van der Waals surface area contributed by atoms with Crippen LogP contribution in [0.4, 0.5) is 17.1 Å². The van der Waals surface area contributed by atoms with Crippen LogP contribution in [0.2, 0.25) is 0 Å². The van der Waals surface area contributed by atoms with Crippen LogP contribution in [0.5, 0.6) is 11.5 Å². The number of anilines is 3. The number of amides is 2. The minimum absolute atomic E-state index is 0.0889. The van der Waals surface area contributed by atoms with E-state index in [0.29, 0.717) is 11.4 Å². The van der Waals surface area contributed by atoms with Gasteiger partial charge < -0.3 is 25.0 Å². The Bertz CT molecular complexity index is 1100. The van der Waals surface area contributed by atoms with Crippen molar-refractivity contribution in [1.29, 1.82) is 0 Å². The Morgan fingerprint density at radius 1 is 0.800 bits per heavy atom. The molecule has 1 heterocycles. The van der Waals surface area contributed by atoms with E-state index in [4.69, 9.17) is 9.47 Å². The molecule has 1 aliphatic rings. The maximum atomic E-state index is 12.4. The zero-order chi connectivity index (χ0) is 24.5. The largest absolute Gasteiger partial charge is 0.457 e. The number of likely N-dealkylation sites (N-methyl/N-ethyl adjacent to an activating group) is 1. The summed E-state index contributed by atoms with van der Waals surface area (Å²) in [6, 6.07) is 24.4. The number of benzene rings is 3. The van der Waals surface area contributed by atoms with Gasteiger partial charge in [-0.15, -0.1) is 0 Å². The van der Waals surface area contributed by atoms with Gasteiger partial charge in [0, 0.05) is 30.2 Å². The highest BCUT2D eigenvalue weighted by molar-refractivity contribution is 5.94. The van der Waals surface area contributed by atoms with E-state index in [1.165, 1.54) is 0 Å². The topological polar surface area (TPSA) is 83.1 Å². The molecule has 8 heteroatoms. The summed E-state index contributed by atoms with van der Waals surface area (Å²) in [5.74, 6) is 1.05. The minimum atomic E-state index is -0.202. The quantitative estimate of drug-likeness (QED) is 0.491. The molecule has 35 heavy (non-hydrogen) atoms. The highest BCUT2D eigenvalue weighted by Gasteiger charge is 2.13. The van der Waals surface area contributed by atoms with E-state index < -0.39 is 0 Å². The van der Waals surface area contributed by atoms with Gasteiger partial charge in [-0.1, -0.05) is 18.2 Å². The fourth-order valence-electron chi connectivity index (χ4n) is 3.76. The van der Waals surface area contributed by atoms with Gasteiger partial charge in [0.15, 0.2) is 0 Å². The number of rotatable bonds is 9. The number of morpholine rings is 1. The second kappa shape index (κ2) is 12.0. The number of ether oxygens (including phenoxy) is 2. The normalized spacial score (nSPS) is 13.4. The molecule has 1 fully saturated rings. The second-order valence-electron chi connectivity index (χ2n) is 8.35. The molecule has 3 aromatic carbocycles. The van der Waals surface area contributed by atoms with Crippen LogP contribution in [-0.2, 0) is 14.3 Å². The summed E-state index contributed by atoms with van der Waals surface area (Å²) in [7, 11) is 1.73. The number of para-hydroxylation sites is 1.